The van der Waals surface area contributed by atoms with Crippen LogP contribution in [-0.4, -0.2) is 49.2 Å². The van der Waals surface area contributed by atoms with Crippen molar-refractivity contribution in [3.05, 3.63) is 33.4 Å². The Morgan fingerprint density at radius 1 is 1.36 bits per heavy atom. The molecule has 0 bridgehead atoms. The van der Waals surface area contributed by atoms with Gasteiger partial charge in [-0.15, -0.1) is 0 Å². The fraction of sp³-hybridized carbons (Fsp3) is 0.524. The van der Waals surface area contributed by atoms with Crippen molar-refractivity contribution in [3.8, 4) is 17.0 Å². The number of carbonyl (C=O) groups excluding carboxylic acids is 1. The molecule has 1 fully saturated rings. The van der Waals surface area contributed by atoms with Crippen LogP contribution in [0, 0.1) is 11.8 Å². The van der Waals surface area contributed by atoms with Crippen LogP contribution in [0.3, 0.4) is 0 Å². The van der Waals surface area contributed by atoms with Crippen molar-refractivity contribution in [2.75, 3.05) is 12.8 Å². The summed E-state index contributed by atoms with van der Waals surface area (Å²) in [5.41, 5.74) is 0.337. The number of carbonyl (C=O) groups is 1. The number of aromatic nitrogens is 2. The number of hydrogen-bond acceptors (Lipinski definition) is 5. The SMILES string of the molecule is CCC1C[C@H](S(C)(=O)=O)CC[C@H]1CNC(=O)c1[nH]nc(-c2ccc(Br)cc2OC(F)F)c1Cl. The van der Waals surface area contributed by atoms with Gasteiger partial charge in [-0.05, 0) is 49.3 Å². The van der Waals surface area contributed by atoms with Crippen molar-refractivity contribution in [1.82, 2.24) is 15.5 Å². The molecule has 2 N–H and O–H groups in total. The largest absolute Gasteiger partial charge is 0.434 e. The Labute approximate surface area is 204 Å². The topological polar surface area (TPSA) is 101 Å². The van der Waals surface area contributed by atoms with Gasteiger partial charge in [-0.3, -0.25) is 9.89 Å². The number of hydrogen-bond donors (Lipinski definition) is 2. The minimum absolute atomic E-state index is 0.00968. The first kappa shape index (κ1) is 25.9. The Kier molecular flexibility index (Phi) is 8.39. The molecule has 0 saturated heterocycles. The molecule has 1 unspecified atom stereocenters. The molecule has 3 rings (SSSR count). The molecule has 2 aromatic rings. The van der Waals surface area contributed by atoms with Gasteiger partial charge in [0.05, 0.1) is 10.3 Å². The van der Waals surface area contributed by atoms with Crippen LogP contribution in [-0.2, 0) is 9.84 Å². The highest BCUT2D eigenvalue weighted by Gasteiger charge is 2.34. The Balaban J connectivity index is 1.72. The third-order valence-electron chi connectivity index (χ3n) is 6.10. The zero-order chi connectivity index (χ0) is 24.3. The first-order valence-electron chi connectivity index (χ1n) is 10.5. The Morgan fingerprint density at radius 3 is 2.73 bits per heavy atom. The molecule has 1 aromatic heterocycles. The molecule has 0 aliphatic heterocycles. The molecule has 1 aliphatic rings. The summed E-state index contributed by atoms with van der Waals surface area (Å²) in [5, 5.41) is 9.12. The maximum Gasteiger partial charge on any atom is 0.387 e. The van der Waals surface area contributed by atoms with Gasteiger partial charge in [0, 0.05) is 22.8 Å². The highest BCUT2D eigenvalue weighted by molar-refractivity contribution is 9.10. The normalized spacial score (nSPS) is 21.2. The van der Waals surface area contributed by atoms with Crippen molar-refractivity contribution in [3.63, 3.8) is 0 Å². The molecule has 1 saturated carbocycles. The molecule has 33 heavy (non-hydrogen) atoms. The lowest BCUT2D eigenvalue weighted by molar-refractivity contribution is -0.0495. The fourth-order valence-corrected chi connectivity index (χ4v) is 6.07. The van der Waals surface area contributed by atoms with E-state index in [-0.39, 0.29) is 44.8 Å². The summed E-state index contributed by atoms with van der Waals surface area (Å²) < 4.78 is 54.6. The van der Waals surface area contributed by atoms with E-state index in [1.807, 2.05) is 6.92 Å². The van der Waals surface area contributed by atoms with Crippen molar-refractivity contribution in [1.29, 1.82) is 0 Å². The molecular weight excluding hydrogens is 544 g/mol. The molecule has 12 heteroatoms. The summed E-state index contributed by atoms with van der Waals surface area (Å²) in [5.74, 6) is -0.278. The maximum absolute atomic E-state index is 12.8. The number of sulfone groups is 1. The smallest absolute Gasteiger partial charge is 0.387 e. The van der Waals surface area contributed by atoms with Crippen LogP contribution < -0.4 is 10.1 Å². The summed E-state index contributed by atoms with van der Waals surface area (Å²) in [4.78, 5) is 12.8. The van der Waals surface area contributed by atoms with Crippen molar-refractivity contribution in [2.45, 2.75) is 44.5 Å². The van der Waals surface area contributed by atoms with E-state index in [2.05, 4.69) is 36.2 Å². The molecule has 0 spiro atoms. The average Bonchev–Trinajstić information content (AvgIpc) is 3.12. The van der Waals surface area contributed by atoms with E-state index >= 15 is 0 Å². The van der Waals surface area contributed by atoms with E-state index in [0.29, 0.717) is 30.3 Å². The zero-order valence-corrected chi connectivity index (χ0v) is 21.2. The lowest BCUT2D eigenvalue weighted by Crippen LogP contribution is -2.39. The van der Waals surface area contributed by atoms with Crippen LogP contribution in [0.5, 0.6) is 5.75 Å². The number of nitrogens with zero attached hydrogens (tertiary/aromatic N) is 1. The zero-order valence-electron chi connectivity index (χ0n) is 18.1. The molecule has 1 amide bonds. The number of nitrogens with one attached hydrogen (secondary N) is 2. The van der Waals surface area contributed by atoms with Crippen LogP contribution in [0.1, 0.15) is 43.1 Å². The fourth-order valence-electron chi connectivity index (χ4n) is 4.30. The molecule has 7 nitrogen and oxygen atoms in total. The van der Waals surface area contributed by atoms with E-state index in [9.17, 15) is 22.0 Å². The van der Waals surface area contributed by atoms with Gasteiger partial charge in [-0.25, -0.2) is 8.42 Å². The molecule has 1 aliphatic carbocycles. The average molecular weight is 569 g/mol. The number of H-pyrrole nitrogens is 1. The minimum Gasteiger partial charge on any atom is -0.434 e. The first-order valence-corrected chi connectivity index (χ1v) is 13.6. The number of benzene rings is 1. The third-order valence-corrected chi connectivity index (χ3v) is 8.60. The summed E-state index contributed by atoms with van der Waals surface area (Å²) in [6.45, 7) is -0.654. The lowest BCUT2D eigenvalue weighted by Gasteiger charge is -2.35. The molecule has 1 aromatic carbocycles. The lowest BCUT2D eigenvalue weighted by atomic mass is 9.77. The standard InChI is InChI=1S/C21H25BrClF2N3O4S/c1-3-11-8-14(33(2,30)31)6-4-12(11)10-26-20(29)19-17(23)18(27-28-19)15-7-5-13(22)9-16(15)32-21(24)25/h5,7,9,11-12,14,21H,3-4,6,8,10H2,1-2H3,(H,26,29)(H,27,28)/t11?,12-,14+/m0/s1. The van der Waals surface area contributed by atoms with Crippen molar-refractivity contribution >= 4 is 43.3 Å². The van der Waals surface area contributed by atoms with Gasteiger partial charge in [0.2, 0.25) is 0 Å². The Bertz CT molecular complexity index is 1110. The van der Waals surface area contributed by atoms with Gasteiger partial charge in [-0.2, -0.15) is 13.9 Å². The second-order valence-electron chi connectivity index (χ2n) is 8.18. The number of ether oxygens (including phenoxy) is 1. The van der Waals surface area contributed by atoms with Gasteiger partial charge in [0.15, 0.2) is 0 Å². The highest BCUT2D eigenvalue weighted by Crippen LogP contribution is 2.38. The summed E-state index contributed by atoms with van der Waals surface area (Å²) in [7, 11) is -3.09. The Hall–Kier alpha value is -1.72. The van der Waals surface area contributed by atoms with Crippen LogP contribution in [0.25, 0.3) is 11.3 Å². The second kappa shape index (κ2) is 10.7. The summed E-state index contributed by atoms with van der Waals surface area (Å²) in [6.07, 6.45) is 3.94. The van der Waals surface area contributed by atoms with Crippen molar-refractivity contribution < 1.29 is 26.7 Å². The third kappa shape index (κ3) is 6.24. The van der Waals surface area contributed by atoms with Crippen LogP contribution in [0.2, 0.25) is 5.02 Å². The van der Waals surface area contributed by atoms with Crippen molar-refractivity contribution in [2.24, 2.45) is 11.8 Å². The summed E-state index contributed by atoms with van der Waals surface area (Å²) >= 11 is 9.58. The second-order valence-corrected chi connectivity index (χ2v) is 11.8. The molecule has 182 valence electrons. The number of aromatic amines is 1. The quantitative estimate of drug-likeness (QED) is 0.463. The molecule has 1 heterocycles. The number of halogens is 4. The van der Waals surface area contributed by atoms with Gasteiger partial charge in [-0.1, -0.05) is 40.9 Å². The maximum atomic E-state index is 12.8. The van der Waals surface area contributed by atoms with Crippen LogP contribution >= 0.6 is 27.5 Å². The van der Waals surface area contributed by atoms with Gasteiger partial charge < -0.3 is 10.1 Å². The van der Waals surface area contributed by atoms with Gasteiger partial charge in [0.25, 0.3) is 5.91 Å². The van der Waals surface area contributed by atoms with E-state index in [1.54, 1.807) is 6.07 Å². The van der Waals surface area contributed by atoms with Crippen LogP contribution in [0.15, 0.2) is 22.7 Å². The number of alkyl halides is 2. The first-order chi connectivity index (χ1) is 15.5. The van der Waals surface area contributed by atoms with E-state index in [1.165, 1.54) is 18.4 Å². The van der Waals surface area contributed by atoms with E-state index in [4.69, 9.17) is 11.6 Å². The van der Waals surface area contributed by atoms with E-state index < -0.39 is 22.4 Å². The number of amides is 1. The Morgan fingerprint density at radius 2 is 2.09 bits per heavy atom. The van der Waals surface area contributed by atoms with Crippen LogP contribution in [0.4, 0.5) is 8.78 Å². The van der Waals surface area contributed by atoms with E-state index in [0.717, 1.165) is 6.42 Å². The van der Waals surface area contributed by atoms with Gasteiger partial charge >= 0.3 is 6.61 Å². The number of rotatable bonds is 8. The minimum atomic E-state index is -3.09. The molecule has 3 atom stereocenters. The summed E-state index contributed by atoms with van der Waals surface area (Å²) in [6, 6.07) is 4.50. The highest BCUT2D eigenvalue weighted by atomic mass is 79.9. The predicted molar refractivity (Wildman–Crippen MR) is 125 cm³/mol. The van der Waals surface area contributed by atoms with Gasteiger partial charge in [0.1, 0.15) is 27.0 Å². The molecular formula is C21H25BrClF2N3O4S. The monoisotopic (exact) mass is 567 g/mol. The predicted octanol–water partition coefficient (Wildman–Crippen LogP) is 5.06. The molecule has 0 radical (unpaired) electrons.